The molecule has 1 atom stereocenters. The van der Waals surface area contributed by atoms with Crippen LogP contribution in [0.2, 0.25) is 0 Å². The molecule has 2 amide bonds. The number of pyridine rings is 1. The van der Waals surface area contributed by atoms with E-state index in [2.05, 4.69) is 4.98 Å². The van der Waals surface area contributed by atoms with Crippen molar-refractivity contribution in [2.45, 2.75) is 12.0 Å². The Bertz CT molecular complexity index is 1110. The standard InChI is InChI=1S/C24H22FN3O3/c25-20-8-4-7-19(14-20)18-6-3-5-17(13-18)15-24(23(26)30)16-28(11-12-31-24)22(29)21-9-1-2-10-27-21/h1-10,13-14H,11-12,15-16H2,(H2,26,30). The van der Waals surface area contributed by atoms with E-state index in [1.807, 2.05) is 30.3 Å². The lowest BCUT2D eigenvalue weighted by Gasteiger charge is -2.40. The number of carbonyl (C=O) groups excluding carboxylic acids is 2. The minimum absolute atomic E-state index is 0.0297. The molecule has 1 aromatic heterocycles. The summed E-state index contributed by atoms with van der Waals surface area (Å²) in [5.41, 5.74) is 7.04. The van der Waals surface area contributed by atoms with Crippen LogP contribution in [0, 0.1) is 5.82 Å². The minimum atomic E-state index is -1.36. The van der Waals surface area contributed by atoms with Gasteiger partial charge in [-0.1, -0.05) is 42.5 Å². The number of benzene rings is 2. The van der Waals surface area contributed by atoms with E-state index in [9.17, 15) is 14.0 Å². The minimum Gasteiger partial charge on any atom is -0.367 e. The van der Waals surface area contributed by atoms with Gasteiger partial charge in [0.1, 0.15) is 11.5 Å². The molecule has 1 saturated heterocycles. The number of ether oxygens (including phenoxy) is 1. The molecule has 4 rings (SSSR count). The Kier molecular flexibility index (Phi) is 5.77. The topological polar surface area (TPSA) is 85.5 Å². The van der Waals surface area contributed by atoms with Gasteiger partial charge in [0.15, 0.2) is 5.60 Å². The number of hydrogen-bond acceptors (Lipinski definition) is 4. The van der Waals surface area contributed by atoms with E-state index in [0.29, 0.717) is 12.2 Å². The molecule has 0 saturated carbocycles. The summed E-state index contributed by atoms with van der Waals surface area (Å²) in [4.78, 5) is 31.0. The average Bonchev–Trinajstić information content (AvgIpc) is 2.79. The van der Waals surface area contributed by atoms with Crippen LogP contribution in [0.25, 0.3) is 11.1 Å². The van der Waals surface area contributed by atoms with Crippen LogP contribution >= 0.6 is 0 Å². The third-order valence-electron chi connectivity index (χ3n) is 5.38. The largest absolute Gasteiger partial charge is 0.367 e. The monoisotopic (exact) mass is 419 g/mol. The summed E-state index contributed by atoms with van der Waals surface area (Å²) in [6.45, 7) is 0.556. The summed E-state index contributed by atoms with van der Waals surface area (Å²) in [6.07, 6.45) is 1.74. The molecule has 0 spiro atoms. The fraction of sp³-hybridized carbons (Fsp3) is 0.208. The Morgan fingerprint density at radius 1 is 1.06 bits per heavy atom. The molecule has 1 aliphatic rings. The number of primary amides is 1. The van der Waals surface area contributed by atoms with Crippen molar-refractivity contribution in [1.29, 1.82) is 0 Å². The van der Waals surface area contributed by atoms with Gasteiger partial charge in [-0.05, 0) is 41.0 Å². The van der Waals surface area contributed by atoms with E-state index in [4.69, 9.17) is 10.5 Å². The van der Waals surface area contributed by atoms with Crippen LogP contribution in [0.5, 0.6) is 0 Å². The smallest absolute Gasteiger partial charge is 0.272 e. The van der Waals surface area contributed by atoms with Crippen LogP contribution in [0.3, 0.4) is 0 Å². The molecule has 7 heteroatoms. The van der Waals surface area contributed by atoms with E-state index in [0.717, 1.165) is 16.7 Å². The van der Waals surface area contributed by atoms with E-state index in [1.54, 1.807) is 35.4 Å². The summed E-state index contributed by atoms with van der Waals surface area (Å²) in [5.74, 6) is -1.24. The second-order valence-electron chi connectivity index (χ2n) is 7.54. The highest BCUT2D eigenvalue weighted by Crippen LogP contribution is 2.27. The number of carbonyl (C=O) groups is 2. The maximum absolute atomic E-state index is 13.6. The zero-order valence-corrected chi connectivity index (χ0v) is 16.8. The number of nitrogens with two attached hydrogens (primary N) is 1. The quantitative estimate of drug-likeness (QED) is 0.689. The SMILES string of the molecule is NC(=O)C1(Cc2cccc(-c3cccc(F)c3)c2)CN(C(=O)c2ccccn2)CCO1. The van der Waals surface area contributed by atoms with E-state index in [-0.39, 0.29) is 31.3 Å². The molecule has 0 aliphatic carbocycles. The second kappa shape index (κ2) is 8.65. The number of nitrogens with zero attached hydrogens (tertiary/aromatic N) is 2. The fourth-order valence-corrected chi connectivity index (χ4v) is 3.81. The number of aromatic nitrogens is 1. The lowest BCUT2D eigenvalue weighted by molar-refractivity contribution is -0.153. The van der Waals surface area contributed by atoms with Crippen LogP contribution < -0.4 is 5.73 Å². The Morgan fingerprint density at radius 3 is 2.55 bits per heavy atom. The molecule has 31 heavy (non-hydrogen) atoms. The molecule has 0 radical (unpaired) electrons. The highest BCUT2D eigenvalue weighted by molar-refractivity contribution is 5.93. The molecule has 1 unspecified atom stereocenters. The molecule has 2 N–H and O–H groups in total. The summed E-state index contributed by atoms with van der Waals surface area (Å²) >= 11 is 0. The number of morpholine rings is 1. The van der Waals surface area contributed by atoms with E-state index >= 15 is 0 Å². The maximum atomic E-state index is 13.6. The van der Waals surface area contributed by atoms with Gasteiger partial charge in [0.2, 0.25) is 0 Å². The second-order valence-corrected chi connectivity index (χ2v) is 7.54. The van der Waals surface area contributed by atoms with Crippen molar-refractivity contribution in [2.24, 2.45) is 5.73 Å². The van der Waals surface area contributed by atoms with Gasteiger partial charge in [-0.25, -0.2) is 4.39 Å². The first-order valence-electron chi connectivity index (χ1n) is 9.96. The number of halogens is 1. The average molecular weight is 419 g/mol. The van der Waals surface area contributed by atoms with Crippen LogP contribution in [-0.4, -0.2) is 47.0 Å². The van der Waals surface area contributed by atoms with Crippen LogP contribution in [0.15, 0.2) is 72.9 Å². The zero-order valence-electron chi connectivity index (χ0n) is 16.8. The Hall–Kier alpha value is -3.58. The van der Waals surface area contributed by atoms with Crippen molar-refractivity contribution in [1.82, 2.24) is 9.88 Å². The molecule has 3 aromatic rings. The lowest BCUT2D eigenvalue weighted by atomic mass is 9.90. The molecule has 6 nitrogen and oxygen atoms in total. The van der Waals surface area contributed by atoms with Gasteiger partial charge in [0.25, 0.3) is 11.8 Å². The van der Waals surface area contributed by atoms with Gasteiger partial charge in [0, 0.05) is 19.2 Å². The lowest BCUT2D eigenvalue weighted by Crippen LogP contribution is -2.61. The van der Waals surface area contributed by atoms with Gasteiger partial charge < -0.3 is 15.4 Å². The molecule has 2 aromatic carbocycles. The maximum Gasteiger partial charge on any atom is 0.272 e. The molecular formula is C24H22FN3O3. The third-order valence-corrected chi connectivity index (χ3v) is 5.38. The first kappa shape index (κ1) is 20.7. The number of amides is 2. The molecule has 2 heterocycles. The van der Waals surface area contributed by atoms with Gasteiger partial charge >= 0.3 is 0 Å². The molecule has 0 bridgehead atoms. The fourth-order valence-electron chi connectivity index (χ4n) is 3.81. The molecular weight excluding hydrogens is 397 g/mol. The van der Waals surface area contributed by atoms with E-state index < -0.39 is 11.5 Å². The van der Waals surface area contributed by atoms with Gasteiger partial charge in [-0.2, -0.15) is 0 Å². The number of hydrogen-bond donors (Lipinski definition) is 1. The van der Waals surface area contributed by atoms with E-state index in [1.165, 1.54) is 12.1 Å². The molecule has 158 valence electrons. The van der Waals surface area contributed by atoms with Gasteiger partial charge in [-0.15, -0.1) is 0 Å². The van der Waals surface area contributed by atoms with Crippen molar-refractivity contribution in [3.8, 4) is 11.1 Å². The van der Waals surface area contributed by atoms with Crippen molar-refractivity contribution < 1.29 is 18.7 Å². The van der Waals surface area contributed by atoms with Crippen LogP contribution in [0.4, 0.5) is 4.39 Å². The Morgan fingerprint density at radius 2 is 1.84 bits per heavy atom. The third kappa shape index (κ3) is 4.46. The van der Waals surface area contributed by atoms with Crippen LogP contribution in [-0.2, 0) is 16.0 Å². The molecule has 1 fully saturated rings. The van der Waals surface area contributed by atoms with Crippen molar-refractivity contribution >= 4 is 11.8 Å². The first-order valence-corrected chi connectivity index (χ1v) is 9.96. The predicted molar refractivity (Wildman–Crippen MR) is 114 cm³/mol. The Balaban J connectivity index is 1.60. The normalized spacial score (nSPS) is 18.5. The Labute approximate surface area is 179 Å². The van der Waals surface area contributed by atoms with Crippen molar-refractivity contribution in [3.63, 3.8) is 0 Å². The molecule has 1 aliphatic heterocycles. The highest BCUT2D eigenvalue weighted by Gasteiger charge is 2.44. The van der Waals surface area contributed by atoms with Crippen molar-refractivity contribution in [3.05, 3.63) is 90.0 Å². The van der Waals surface area contributed by atoms with Gasteiger partial charge in [0.05, 0.1) is 13.2 Å². The highest BCUT2D eigenvalue weighted by atomic mass is 19.1. The van der Waals surface area contributed by atoms with Crippen molar-refractivity contribution in [2.75, 3.05) is 19.7 Å². The number of rotatable bonds is 5. The first-order chi connectivity index (χ1) is 15.0. The summed E-state index contributed by atoms with van der Waals surface area (Å²) in [6, 6.07) is 18.8. The van der Waals surface area contributed by atoms with Gasteiger partial charge in [-0.3, -0.25) is 14.6 Å². The zero-order chi connectivity index (χ0) is 21.8. The summed E-state index contributed by atoms with van der Waals surface area (Å²) in [7, 11) is 0. The van der Waals surface area contributed by atoms with Crippen LogP contribution in [0.1, 0.15) is 16.1 Å². The predicted octanol–water partition coefficient (Wildman–Crippen LogP) is 2.83. The summed E-state index contributed by atoms with van der Waals surface area (Å²) < 4.78 is 19.5. The summed E-state index contributed by atoms with van der Waals surface area (Å²) in [5, 5.41) is 0.